The first-order valence-electron chi connectivity index (χ1n) is 18.8. The van der Waals surface area contributed by atoms with Crippen LogP contribution in [0.3, 0.4) is 0 Å². The maximum Gasteiger partial charge on any atom is 0.243 e. The number of hydrogen-bond donors (Lipinski definition) is 5. The highest BCUT2D eigenvalue weighted by Crippen LogP contribution is 2.30. The fourth-order valence-corrected chi connectivity index (χ4v) is 6.51. The largest absolute Gasteiger partial charge is 0.393 e. The van der Waals surface area contributed by atoms with Crippen molar-refractivity contribution in [1.82, 2.24) is 16.0 Å². The Bertz CT molecular complexity index is 1510. The summed E-state index contributed by atoms with van der Waals surface area (Å²) >= 11 is 0. The van der Waals surface area contributed by atoms with Crippen molar-refractivity contribution in [2.75, 3.05) is 11.4 Å². The Kier molecular flexibility index (Phi) is 16.9. The van der Waals surface area contributed by atoms with Crippen molar-refractivity contribution in [3.05, 3.63) is 78.4 Å². The van der Waals surface area contributed by atoms with Crippen molar-refractivity contribution in [3.63, 3.8) is 0 Å². The Balaban J connectivity index is 1.85. The molecule has 3 aromatic carbocycles. The van der Waals surface area contributed by atoms with Crippen LogP contribution in [0.25, 0.3) is 10.8 Å². The van der Waals surface area contributed by atoms with E-state index in [0.717, 1.165) is 34.9 Å². The van der Waals surface area contributed by atoms with Gasteiger partial charge in [-0.3, -0.25) is 14.4 Å². The number of aliphatic hydroxyl groups excluding tert-OH is 2. The molecule has 0 heterocycles. The molecule has 0 spiro atoms. The van der Waals surface area contributed by atoms with Gasteiger partial charge in [-0.25, -0.2) is 0 Å². The monoisotopic (exact) mass is 702 g/mol. The summed E-state index contributed by atoms with van der Waals surface area (Å²) in [6.45, 7) is 14.6. The summed E-state index contributed by atoms with van der Waals surface area (Å²) in [7, 11) is 0. The Labute approximate surface area is 305 Å². The number of anilines is 1. The van der Waals surface area contributed by atoms with Crippen LogP contribution < -0.4 is 20.9 Å². The summed E-state index contributed by atoms with van der Waals surface area (Å²) in [6.07, 6.45) is 1.04. The Hall–Kier alpha value is -3.95. The topological polar surface area (TPSA) is 131 Å². The average Bonchev–Trinajstić information content (AvgIpc) is 3.10. The van der Waals surface area contributed by atoms with Crippen molar-refractivity contribution in [1.29, 1.82) is 0 Å². The summed E-state index contributed by atoms with van der Waals surface area (Å²) in [5.41, 5.74) is 1.99. The first-order valence-corrected chi connectivity index (χ1v) is 18.8. The van der Waals surface area contributed by atoms with Gasteiger partial charge in [-0.15, -0.1) is 0 Å². The summed E-state index contributed by atoms with van der Waals surface area (Å²) in [5.74, 6) is -1.06. The van der Waals surface area contributed by atoms with Crippen LogP contribution in [-0.4, -0.2) is 64.8 Å². The average molecular weight is 703 g/mol. The van der Waals surface area contributed by atoms with Crippen LogP contribution in [0.2, 0.25) is 0 Å². The van der Waals surface area contributed by atoms with E-state index in [2.05, 4.69) is 39.0 Å². The maximum atomic E-state index is 14.1. The molecule has 0 fully saturated rings. The number of rotatable bonds is 21. The van der Waals surface area contributed by atoms with Gasteiger partial charge in [0.15, 0.2) is 0 Å². The molecular formula is C42H62N4O5. The van der Waals surface area contributed by atoms with Gasteiger partial charge < -0.3 is 31.1 Å². The highest BCUT2D eigenvalue weighted by molar-refractivity contribution is 5.97. The van der Waals surface area contributed by atoms with Crippen molar-refractivity contribution < 1.29 is 24.6 Å². The number of carbonyl (C=O) groups is 3. The number of benzene rings is 3. The Morgan fingerprint density at radius 1 is 0.725 bits per heavy atom. The quantitative estimate of drug-likeness (QED) is 0.0880. The van der Waals surface area contributed by atoms with Crippen molar-refractivity contribution >= 4 is 34.2 Å². The van der Waals surface area contributed by atoms with E-state index in [1.807, 2.05) is 96.1 Å². The van der Waals surface area contributed by atoms with Gasteiger partial charge in [0, 0.05) is 30.1 Å². The smallest absolute Gasteiger partial charge is 0.243 e. The molecule has 2 unspecified atom stereocenters. The first-order chi connectivity index (χ1) is 24.3. The zero-order chi connectivity index (χ0) is 37.5. The number of carbonyl (C=O) groups excluding carboxylic acids is 3. The molecule has 6 atom stereocenters. The normalized spacial score (nSPS) is 15.1. The molecule has 0 aromatic heterocycles. The van der Waals surface area contributed by atoms with Crippen LogP contribution in [0.5, 0.6) is 0 Å². The van der Waals surface area contributed by atoms with E-state index in [0.29, 0.717) is 25.9 Å². The fourth-order valence-electron chi connectivity index (χ4n) is 6.51. The van der Waals surface area contributed by atoms with Crippen molar-refractivity contribution in [2.24, 2.45) is 17.8 Å². The fraction of sp³-hybridized carbons (Fsp3) is 0.548. The molecule has 280 valence electrons. The number of nitrogens with one attached hydrogen (secondary N) is 3. The number of unbranched alkanes of at least 4 members (excludes halogenated alkanes) is 1. The van der Waals surface area contributed by atoms with E-state index in [1.54, 1.807) is 6.92 Å². The summed E-state index contributed by atoms with van der Waals surface area (Å²) in [6, 6.07) is 22.2. The molecule has 9 heteroatoms. The maximum absolute atomic E-state index is 14.1. The molecule has 0 saturated carbocycles. The second-order valence-electron chi connectivity index (χ2n) is 15.0. The highest BCUT2D eigenvalue weighted by Gasteiger charge is 2.33. The predicted octanol–water partition coefficient (Wildman–Crippen LogP) is 6.35. The molecule has 0 saturated heterocycles. The number of amides is 3. The van der Waals surface area contributed by atoms with Crippen LogP contribution in [0, 0.1) is 17.8 Å². The molecule has 9 nitrogen and oxygen atoms in total. The lowest BCUT2D eigenvalue weighted by molar-refractivity contribution is -0.131. The van der Waals surface area contributed by atoms with Crippen LogP contribution >= 0.6 is 0 Å². The van der Waals surface area contributed by atoms with Gasteiger partial charge in [-0.05, 0) is 68.4 Å². The van der Waals surface area contributed by atoms with Crippen LogP contribution in [0.15, 0.2) is 72.8 Å². The molecule has 0 aliphatic heterocycles. The molecule has 0 aliphatic carbocycles. The predicted molar refractivity (Wildman–Crippen MR) is 207 cm³/mol. The van der Waals surface area contributed by atoms with Gasteiger partial charge in [0.05, 0.1) is 18.2 Å². The van der Waals surface area contributed by atoms with Gasteiger partial charge in [-0.2, -0.15) is 0 Å². The molecule has 3 rings (SSSR count). The van der Waals surface area contributed by atoms with E-state index >= 15 is 0 Å². The number of hydrogen-bond acceptors (Lipinski definition) is 6. The van der Waals surface area contributed by atoms with Gasteiger partial charge in [0.1, 0.15) is 12.1 Å². The standard InChI is InChI=1S/C42H62N4O5/c1-8-9-21-36(42(51)45-37(23-28(2)3)39(48)25-34(24-30(6)47)41(50)43-26-29(4)5)44-40(49)31(7)46(27-32-16-11-10-12-17-32)38-22-15-19-33-18-13-14-20-35(33)38/h10-20,22,28-31,34,36-37,39,47-48H,8-9,21,23-27H2,1-7H3,(H,43,50)(H,44,49)(H,45,51)/t30?,31-,34?,36-,37-,39-/m0/s1. The summed E-state index contributed by atoms with van der Waals surface area (Å²) < 4.78 is 0. The van der Waals surface area contributed by atoms with Gasteiger partial charge >= 0.3 is 0 Å². The Morgan fingerprint density at radius 2 is 1.39 bits per heavy atom. The number of aliphatic hydroxyl groups is 2. The molecule has 3 amide bonds. The van der Waals surface area contributed by atoms with E-state index in [1.165, 1.54) is 0 Å². The molecule has 0 bridgehead atoms. The van der Waals surface area contributed by atoms with Gasteiger partial charge in [0.2, 0.25) is 17.7 Å². The van der Waals surface area contributed by atoms with Crippen molar-refractivity contribution in [2.45, 2.75) is 124 Å². The SMILES string of the molecule is CCCC[C@H](NC(=O)[C@H](C)N(Cc1ccccc1)c1cccc2ccccc12)C(=O)N[C@@H](CC(C)C)[C@@H](O)CC(CC(C)O)C(=O)NCC(C)C. The third-order valence-electron chi connectivity index (χ3n) is 9.32. The lowest BCUT2D eigenvalue weighted by atomic mass is 9.88. The zero-order valence-electron chi connectivity index (χ0n) is 31.8. The van der Waals surface area contributed by atoms with Crippen LogP contribution in [-0.2, 0) is 20.9 Å². The molecule has 0 radical (unpaired) electrons. The molecule has 0 aliphatic rings. The minimum Gasteiger partial charge on any atom is -0.393 e. The molecule has 51 heavy (non-hydrogen) atoms. The van der Waals surface area contributed by atoms with Crippen LogP contribution in [0.4, 0.5) is 5.69 Å². The highest BCUT2D eigenvalue weighted by atomic mass is 16.3. The zero-order valence-corrected chi connectivity index (χ0v) is 31.8. The van der Waals surface area contributed by atoms with Gasteiger partial charge in [-0.1, -0.05) is 114 Å². The van der Waals surface area contributed by atoms with Gasteiger partial charge in [0.25, 0.3) is 0 Å². The minimum absolute atomic E-state index is 0.0923. The van der Waals surface area contributed by atoms with E-state index in [9.17, 15) is 24.6 Å². The molecule has 5 N–H and O–H groups in total. The lowest BCUT2D eigenvalue weighted by Gasteiger charge is -2.33. The molecule has 3 aromatic rings. The summed E-state index contributed by atoms with van der Waals surface area (Å²) in [5, 5.41) is 32.8. The second-order valence-corrected chi connectivity index (χ2v) is 15.0. The van der Waals surface area contributed by atoms with E-state index < -0.39 is 36.3 Å². The third kappa shape index (κ3) is 13.3. The summed E-state index contributed by atoms with van der Waals surface area (Å²) in [4.78, 5) is 43.3. The van der Waals surface area contributed by atoms with E-state index in [4.69, 9.17) is 0 Å². The van der Waals surface area contributed by atoms with Crippen LogP contribution in [0.1, 0.15) is 92.6 Å². The second kappa shape index (κ2) is 20.8. The van der Waals surface area contributed by atoms with Crippen molar-refractivity contribution in [3.8, 4) is 0 Å². The lowest BCUT2D eigenvalue weighted by Crippen LogP contribution is -2.56. The Morgan fingerprint density at radius 3 is 2.04 bits per heavy atom. The number of nitrogens with zero attached hydrogens (tertiary/aromatic N) is 1. The third-order valence-corrected chi connectivity index (χ3v) is 9.32. The first kappa shape index (κ1) is 41.5. The number of fused-ring (bicyclic) bond motifs is 1. The minimum atomic E-state index is -1.03. The van der Waals surface area contributed by atoms with E-state index in [-0.39, 0.29) is 42.4 Å². The molecular weight excluding hydrogens is 640 g/mol.